The Morgan fingerprint density at radius 3 is 2.70 bits per heavy atom. The number of nitrogens with one attached hydrogen (secondary N) is 2. The van der Waals surface area contributed by atoms with Crippen LogP contribution >= 0.6 is 0 Å². The molecule has 2 N–H and O–H groups in total. The molecule has 3 heterocycles. The molecule has 4 rings (SSSR count). The number of pyridine rings is 1. The molecule has 1 amide bonds. The third-order valence-electron chi connectivity index (χ3n) is 5.44. The van der Waals surface area contributed by atoms with Gasteiger partial charge in [0.05, 0.1) is 12.0 Å². The van der Waals surface area contributed by atoms with Gasteiger partial charge in [-0.2, -0.15) is 0 Å². The first-order chi connectivity index (χ1) is 13.1. The van der Waals surface area contributed by atoms with Gasteiger partial charge in [-0.1, -0.05) is 30.7 Å². The highest BCUT2D eigenvalue weighted by Gasteiger charge is 2.48. The maximum absolute atomic E-state index is 12.9. The highest BCUT2D eigenvalue weighted by atomic mass is 16.1. The lowest BCUT2D eigenvalue weighted by atomic mass is 9.71. The molecule has 5 nitrogen and oxygen atoms in total. The fourth-order valence-corrected chi connectivity index (χ4v) is 4.11. The number of amides is 1. The third kappa shape index (κ3) is 3.31. The van der Waals surface area contributed by atoms with E-state index in [9.17, 15) is 9.59 Å². The van der Waals surface area contributed by atoms with Gasteiger partial charge in [-0.05, 0) is 36.5 Å². The van der Waals surface area contributed by atoms with Gasteiger partial charge in [0.1, 0.15) is 5.82 Å². The SMILES string of the molecule is C#C.CCC1=C(/C=C2/C=CC(=O)NC2)CC2(C1)C(=O)CNc1ncccc12. The van der Waals surface area contributed by atoms with E-state index in [-0.39, 0.29) is 11.7 Å². The topological polar surface area (TPSA) is 71.1 Å². The summed E-state index contributed by atoms with van der Waals surface area (Å²) < 4.78 is 0. The summed E-state index contributed by atoms with van der Waals surface area (Å²) in [5.41, 5.74) is 4.14. The summed E-state index contributed by atoms with van der Waals surface area (Å²) in [6.45, 7) is 3.01. The van der Waals surface area contributed by atoms with Crippen LogP contribution in [-0.2, 0) is 15.0 Å². The van der Waals surface area contributed by atoms with Crippen LogP contribution in [0.3, 0.4) is 0 Å². The number of carbonyl (C=O) groups is 2. The van der Waals surface area contributed by atoms with Gasteiger partial charge in [0.25, 0.3) is 0 Å². The Kier molecular flexibility index (Phi) is 5.27. The quantitative estimate of drug-likeness (QED) is 0.795. The number of nitrogens with zero attached hydrogens (tertiary/aromatic N) is 1. The lowest BCUT2D eigenvalue weighted by Gasteiger charge is -2.34. The van der Waals surface area contributed by atoms with E-state index < -0.39 is 5.41 Å². The van der Waals surface area contributed by atoms with Gasteiger partial charge in [0.15, 0.2) is 5.78 Å². The zero-order valence-electron chi connectivity index (χ0n) is 15.4. The largest absolute Gasteiger partial charge is 0.363 e. The Morgan fingerprint density at radius 2 is 2.00 bits per heavy atom. The Balaban J connectivity index is 0.00000102. The summed E-state index contributed by atoms with van der Waals surface area (Å²) in [5.74, 6) is 1.01. The van der Waals surface area contributed by atoms with Crippen LogP contribution in [0.2, 0.25) is 0 Å². The summed E-state index contributed by atoms with van der Waals surface area (Å²) in [6, 6.07) is 3.93. The number of ketones is 1. The van der Waals surface area contributed by atoms with Crippen molar-refractivity contribution in [3.05, 3.63) is 58.8 Å². The van der Waals surface area contributed by atoms with Crippen LogP contribution in [0.5, 0.6) is 0 Å². The summed E-state index contributed by atoms with van der Waals surface area (Å²) in [7, 11) is 0. The molecule has 0 saturated carbocycles. The smallest absolute Gasteiger partial charge is 0.244 e. The second-order valence-electron chi connectivity index (χ2n) is 6.86. The molecule has 0 aromatic carbocycles. The number of allylic oxidation sites excluding steroid dienone is 3. The number of carbonyl (C=O) groups excluding carboxylic acids is 2. The Morgan fingerprint density at radius 1 is 1.19 bits per heavy atom. The van der Waals surface area contributed by atoms with Gasteiger partial charge in [0.2, 0.25) is 5.91 Å². The van der Waals surface area contributed by atoms with Crippen LogP contribution in [-0.4, -0.2) is 29.8 Å². The zero-order valence-corrected chi connectivity index (χ0v) is 15.4. The predicted octanol–water partition coefficient (Wildman–Crippen LogP) is 2.68. The molecule has 1 aromatic rings. The molecule has 0 saturated heterocycles. The van der Waals surface area contributed by atoms with Crippen molar-refractivity contribution >= 4 is 17.5 Å². The maximum Gasteiger partial charge on any atom is 0.244 e. The summed E-state index contributed by atoms with van der Waals surface area (Å²) in [4.78, 5) is 28.6. The number of fused-ring (bicyclic) bond motifs is 2. The van der Waals surface area contributed by atoms with Gasteiger partial charge in [-0.15, -0.1) is 12.8 Å². The molecular weight excluding hydrogens is 338 g/mol. The Bertz CT molecular complexity index is 892. The van der Waals surface area contributed by atoms with Crippen molar-refractivity contribution in [1.82, 2.24) is 10.3 Å². The summed E-state index contributed by atoms with van der Waals surface area (Å²) in [5, 5.41) is 5.98. The monoisotopic (exact) mass is 361 g/mol. The van der Waals surface area contributed by atoms with Crippen molar-refractivity contribution in [1.29, 1.82) is 0 Å². The van der Waals surface area contributed by atoms with Crippen LogP contribution in [0, 0.1) is 12.8 Å². The molecule has 5 heteroatoms. The lowest BCUT2D eigenvalue weighted by molar-refractivity contribution is -0.123. The highest BCUT2D eigenvalue weighted by Crippen LogP contribution is 2.49. The number of anilines is 1. The average Bonchev–Trinajstić information content (AvgIpc) is 3.08. The van der Waals surface area contributed by atoms with E-state index in [4.69, 9.17) is 0 Å². The van der Waals surface area contributed by atoms with Crippen LogP contribution in [0.15, 0.2) is 53.3 Å². The summed E-state index contributed by atoms with van der Waals surface area (Å²) in [6.07, 6.45) is 17.7. The van der Waals surface area contributed by atoms with Crippen molar-refractivity contribution in [3.63, 3.8) is 0 Å². The van der Waals surface area contributed by atoms with Gasteiger partial charge >= 0.3 is 0 Å². The molecule has 1 unspecified atom stereocenters. The van der Waals surface area contributed by atoms with Gasteiger partial charge in [-0.25, -0.2) is 4.98 Å². The minimum Gasteiger partial charge on any atom is -0.363 e. The molecule has 1 atom stereocenters. The number of hydrogen-bond donors (Lipinski definition) is 2. The van der Waals surface area contributed by atoms with Crippen molar-refractivity contribution in [2.75, 3.05) is 18.4 Å². The van der Waals surface area contributed by atoms with Crippen molar-refractivity contribution in [2.24, 2.45) is 0 Å². The van der Waals surface area contributed by atoms with E-state index in [1.54, 1.807) is 12.3 Å². The van der Waals surface area contributed by atoms with Gasteiger partial charge in [0, 0.05) is 24.4 Å². The van der Waals surface area contributed by atoms with Gasteiger partial charge < -0.3 is 10.6 Å². The van der Waals surface area contributed by atoms with Gasteiger partial charge in [-0.3, -0.25) is 9.59 Å². The Hall–Kier alpha value is -3.13. The molecule has 138 valence electrons. The fourth-order valence-electron chi connectivity index (χ4n) is 4.11. The molecule has 1 spiro atoms. The van der Waals surface area contributed by atoms with Crippen molar-refractivity contribution in [2.45, 2.75) is 31.6 Å². The molecule has 27 heavy (non-hydrogen) atoms. The highest BCUT2D eigenvalue weighted by molar-refractivity contribution is 5.98. The van der Waals surface area contributed by atoms with E-state index in [1.807, 2.05) is 18.2 Å². The van der Waals surface area contributed by atoms with Crippen LogP contribution < -0.4 is 10.6 Å². The van der Waals surface area contributed by atoms with Crippen LogP contribution in [0.1, 0.15) is 31.7 Å². The summed E-state index contributed by atoms with van der Waals surface area (Å²) >= 11 is 0. The van der Waals surface area contributed by atoms with E-state index in [0.29, 0.717) is 19.5 Å². The normalized spacial score (nSPS) is 24.9. The number of aromatic nitrogens is 1. The van der Waals surface area contributed by atoms with Crippen molar-refractivity contribution < 1.29 is 9.59 Å². The number of rotatable bonds is 2. The first kappa shape index (κ1) is 18.7. The molecular formula is C22H23N3O2. The molecule has 1 aliphatic carbocycles. The predicted molar refractivity (Wildman–Crippen MR) is 106 cm³/mol. The average molecular weight is 361 g/mol. The molecule has 0 bridgehead atoms. The molecule has 1 aromatic heterocycles. The lowest BCUT2D eigenvalue weighted by Crippen LogP contribution is -2.43. The molecule has 2 aliphatic heterocycles. The van der Waals surface area contributed by atoms with E-state index in [1.165, 1.54) is 11.1 Å². The number of Topliss-reactive ketones (excluding diaryl/α,β-unsaturated/α-hetero) is 1. The second-order valence-corrected chi connectivity index (χ2v) is 6.86. The molecule has 0 radical (unpaired) electrons. The minimum absolute atomic E-state index is 0.0572. The molecule has 3 aliphatic rings. The van der Waals surface area contributed by atoms with E-state index >= 15 is 0 Å². The van der Waals surface area contributed by atoms with Crippen LogP contribution in [0.25, 0.3) is 0 Å². The number of hydrogen-bond acceptors (Lipinski definition) is 4. The molecule has 0 fully saturated rings. The van der Waals surface area contributed by atoms with Crippen LogP contribution in [0.4, 0.5) is 5.82 Å². The maximum atomic E-state index is 12.9. The Labute approximate surface area is 159 Å². The first-order valence-corrected chi connectivity index (χ1v) is 9.06. The zero-order chi connectivity index (χ0) is 19.4. The standard InChI is InChI=1S/C20H21N3O2.C2H2/c1-2-14-9-20(10-15(14)8-13-5-6-18(25)22-11-13)16-4-3-7-21-19(16)23-12-17(20)24;1-2/h3-8H,2,9-12H2,1H3,(H,21,23)(H,22,25);1-2H/b13-8-;. The van der Waals surface area contributed by atoms with E-state index in [2.05, 4.69) is 41.5 Å². The first-order valence-electron chi connectivity index (χ1n) is 9.06. The van der Waals surface area contributed by atoms with E-state index in [0.717, 1.165) is 29.8 Å². The fraction of sp³-hybridized carbons (Fsp3) is 0.318. The second kappa shape index (κ2) is 7.63. The number of terminal acetylenes is 1. The van der Waals surface area contributed by atoms with Crippen molar-refractivity contribution in [3.8, 4) is 12.8 Å². The third-order valence-corrected chi connectivity index (χ3v) is 5.44. The minimum atomic E-state index is -0.492.